The quantitative estimate of drug-likeness (QED) is 0.139. The zero-order valence-electron chi connectivity index (χ0n) is 26.8. The molecule has 0 saturated carbocycles. The van der Waals surface area contributed by atoms with Gasteiger partial charge in [0.05, 0.1) is 10.0 Å². The van der Waals surface area contributed by atoms with E-state index in [0.717, 1.165) is 0 Å². The number of nitrogens with one attached hydrogen (secondary N) is 4. The van der Waals surface area contributed by atoms with Crippen LogP contribution in [0.2, 0.25) is 10.0 Å². The van der Waals surface area contributed by atoms with E-state index in [2.05, 4.69) is 41.7 Å². The van der Waals surface area contributed by atoms with E-state index in [0.29, 0.717) is 22.5 Å². The van der Waals surface area contributed by atoms with Gasteiger partial charge in [0.25, 0.3) is 23.6 Å². The predicted octanol–water partition coefficient (Wildman–Crippen LogP) is 5.69. The minimum atomic E-state index is -1.53. The fourth-order valence-electron chi connectivity index (χ4n) is 4.11. The van der Waals surface area contributed by atoms with Gasteiger partial charge >= 0.3 is 0 Å². The van der Waals surface area contributed by atoms with Gasteiger partial charge in [0.1, 0.15) is 11.4 Å². The molecule has 2 unspecified atom stereocenters. The van der Waals surface area contributed by atoms with Gasteiger partial charge in [-0.05, 0) is 87.4 Å². The van der Waals surface area contributed by atoms with Gasteiger partial charge in [-0.25, -0.2) is 0 Å². The molecule has 0 bridgehead atoms. The molecule has 3 aromatic carbocycles. The molecule has 2 atom stereocenters. The summed E-state index contributed by atoms with van der Waals surface area (Å²) in [6, 6.07) is 8.68. The summed E-state index contributed by atoms with van der Waals surface area (Å²) in [7, 11) is 2.92. The predicted molar refractivity (Wildman–Crippen MR) is 181 cm³/mol. The molecule has 0 aliphatic rings. The Bertz CT molecular complexity index is 1730. The maximum Gasteiger partial charge on any atom is 0.258 e. The molecule has 0 aromatic heterocycles. The van der Waals surface area contributed by atoms with Crippen molar-refractivity contribution in [3.8, 4) is 0 Å². The summed E-state index contributed by atoms with van der Waals surface area (Å²) in [5, 5.41) is 26.3. The van der Waals surface area contributed by atoms with E-state index < -0.39 is 35.5 Å². The van der Waals surface area contributed by atoms with Gasteiger partial charge in [0.15, 0.2) is 11.6 Å². The Labute approximate surface area is 285 Å². The number of carbonyl (C=O) groups excluding carboxylic acids is 6. The Morgan fingerprint density at radius 2 is 0.958 bits per heavy atom. The highest BCUT2D eigenvalue weighted by Gasteiger charge is 2.26. The van der Waals surface area contributed by atoms with Crippen molar-refractivity contribution < 1.29 is 28.8 Å². The summed E-state index contributed by atoms with van der Waals surface area (Å²) in [6.07, 6.45) is 0. The summed E-state index contributed by atoms with van der Waals surface area (Å²) in [5.41, 5.74) is 2.35. The second-order valence-corrected chi connectivity index (χ2v) is 11.2. The highest BCUT2D eigenvalue weighted by Crippen LogP contribution is 2.29. The lowest BCUT2D eigenvalue weighted by molar-refractivity contribution is -0.127. The number of ketones is 2. The van der Waals surface area contributed by atoms with E-state index in [-0.39, 0.29) is 44.4 Å². The molecule has 0 aliphatic carbocycles. The van der Waals surface area contributed by atoms with Crippen molar-refractivity contribution in [1.29, 1.82) is 0 Å². The number of azo groups is 2. The van der Waals surface area contributed by atoms with Crippen molar-refractivity contribution in [2.24, 2.45) is 20.5 Å². The molecular weight excluding hydrogens is 663 g/mol. The van der Waals surface area contributed by atoms with Crippen LogP contribution in [0, 0.1) is 13.8 Å². The molecule has 3 aromatic rings. The van der Waals surface area contributed by atoms with E-state index in [1.54, 1.807) is 26.0 Å². The molecular formula is C32H32Cl2N8O6. The molecule has 0 radical (unpaired) electrons. The lowest BCUT2D eigenvalue weighted by Crippen LogP contribution is -2.32. The summed E-state index contributed by atoms with van der Waals surface area (Å²) in [6.45, 7) is 5.67. The molecule has 0 heterocycles. The average Bonchev–Trinajstić information content (AvgIpc) is 3.04. The molecule has 4 amide bonds. The van der Waals surface area contributed by atoms with Crippen LogP contribution in [0.4, 0.5) is 22.7 Å². The Kier molecular flexibility index (Phi) is 12.7. The first kappa shape index (κ1) is 37.1. The smallest absolute Gasteiger partial charge is 0.258 e. The molecule has 0 saturated heterocycles. The van der Waals surface area contributed by atoms with Crippen LogP contribution in [-0.4, -0.2) is 61.4 Å². The number of hydrogen-bond acceptors (Lipinski definition) is 10. The number of carbonyl (C=O) groups is 6. The second-order valence-electron chi connectivity index (χ2n) is 10.4. The maximum absolute atomic E-state index is 13.1. The third kappa shape index (κ3) is 9.36. The monoisotopic (exact) mass is 694 g/mol. The van der Waals surface area contributed by atoms with Gasteiger partial charge in [-0.3, -0.25) is 28.8 Å². The molecule has 250 valence electrons. The fraction of sp³-hybridized carbons (Fsp3) is 0.250. The SMILES string of the molecule is CNC(=O)c1ccc(Cl)c(N=NC(C(C)=O)C(=O)Nc2cc(C)c(NC(=O)C(N=Nc3cc(C(=O)NC)ccc3Cl)C(C)=O)cc2C)c1. The van der Waals surface area contributed by atoms with E-state index in [1.807, 2.05) is 0 Å². The van der Waals surface area contributed by atoms with Crippen LogP contribution >= 0.6 is 23.2 Å². The minimum Gasteiger partial charge on any atom is -0.355 e. The maximum atomic E-state index is 13.1. The number of amides is 4. The number of hydrogen-bond donors (Lipinski definition) is 4. The van der Waals surface area contributed by atoms with Crippen molar-refractivity contribution in [3.63, 3.8) is 0 Å². The molecule has 4 N–H and O–H groups in total. The molecule has 0 spiro atoms. The topological polar surface area (TPSA) is 200 Å². The molecule has 14 nitrogen and oxygen atoms in total. The highest BCUT2D eigenvalue weighted by atomic mass is 35.5. The zero-order chi connectivity index (χ0) is 35.7. The first-order valence-corrected chi connectivity index (χ1v) is 15.0. The Hall–Kier alpha value is -5.34. The standard InChI is InChI=1S/C32H32Cl2N8O6/c1-15-11-24(38-32(48)28(18(4)44)42-40-26-14-20(30(46)36-6)8-10-22(26)34)16(2)12-23(15)37-31(47)27(17(3)43)41-39-25-13-19(29(45)35-5)7-9-21(25)33/h7-14,27-28H,1-6H3,(H,35,45)(H,36,46)(H,37,47)(H,38,48). The van der Waals surface area contributed by atoms with Crippen LogP contribution < -0.4 is 21.3 Å². The Morgan fingerprint density at radius 1 is 0.604 bits per heavy atom. The molecule has 0 aliphatic heterocycles. The van der Waals surface area contributed by atoms with Crippen LogP contribution in [0.3, 0.4) is 0 Å². The minimum absolute atomic E-state index is 0.0906. The van der Waals surface area contributed by atoms with Gasteiger partial charge in [0, 0.05) is 36.6 Å². The number of aryl methyl sites for hydroxylation is 2. The first-order chi connectivity index (χ1) is 22.7. The van der Waals surface area contributed by atoms with Crippen LogP contribution in [0.1, 0.15) is 45.7 Å². The number of rotatable bonds is 12. The van der Waals surface area contributed by atoms with Crippen LogP contribution in [0.5, 0.6) is 0 Å². The highest BCUT2D eigenvalue weighted by molar-refractivity contribution is 6.33. The fourth-order valence-corrected chi connectivity index (χ4v) is 4.42. The zero-order valence-corrected chi connectivity index (χ0v) is 28.3. The van der Waals surface area contributed by atoms with Gasteiger partial charge in [-0.15, -0.1) is 0 Å². The third-order valence-corrected chi connectivity index (χ3v) is 7.43. The number of anilines is 2. The third-order valence-electron chi connectivity index (χ3n) is 6.79. The largest absolute Gasteiger partial charge is 0.355 e. The summed E-state index contributed by atoms with van der Waals surface area (Å²) < 4.78 is 0. The second kappa shape index (κ2) is 16.5. The Morgan fingerprint density at radius 3 is 1.27 bits per heavy atom. The van der Waals surface area contributed by atoms with E-state index >= 15 is 0 Å². The number of Topliss-reactive ketones (excluding diaryl/α,β-unsaturated/α-hetero) is 2. The first-order valence-electron chi connectivity index (χ1n) is 14.3. The van der Waals surface area contributed by atoms with Crippen molar-refractivity contribution in [3.05, 3.63) is 80.8 Å². The lowest BCUT2D eigenvalue weighted by atomic mass is 10.1. The van der Waals surface area contributed by atoms with Crippen LogP contribution in [0.15, 0.2) is 69.0 Å². The van der Waals surface area contributed by atoms with Crippen molar-refractivity contribution >= 4 is 81.1 Å². The van der Waals surface area contributed by atoms with Crippen molar-refractivity contribution in [2.75, 3.05) is 24.7 Å². The van der Waals surface area contributed by atoms with Gasteiger partial charge < -0.3 is 21.3 Å². The number of halogens is 2. The van der Waals surface area contributed by atoms with Crippen molar-refractivity contribution in [1.82, 2.24) is 10.6 Å². The molecule has 3 rings (SSSR count). The Balaban J connectivity index is 1.79. The normalized spacial score (nSPS) is 12.3. The molecule has 16 heteroatoms. The summed E-state index contributed by atoms with van der Waals surface area (Å²) in [4.78, 5) is 74.8. The average molecular weight is 696 g/mol. The number of nitrogens with zero attached hydrogens (tertiary/aromatic N) is 4. The van der Waals surface area contributed by atoms with Gasteiger partial charge in [-0.1, -0.05) is 23.2 Å². The lowest BCUT2D eigenvalue weighted by Gasteiger charge is -2.16. The van der Waals surface area contributed by atoms with Crippen molar-refractivity contribution in [2.45, 2.75) is 39.8 Å². The molecule has 0 fully saturated rings. The van der Waals surface area contributed by atoms with Crippen LogP contribution in [0.25, 0.3) is 0 Å². The number of benzene rings is 3. The summed E-state index contributed by atoms with van der Waals surface area (Å²) in [5.74, 6) is -3.52. The van der Waals surface area contributed by atoms with E-state index in [9.17, 15) is 28.8 Å². The summed E-state index contributed by atoms with van der Waals surface area (Å²) >= 11 is 12.3. The van der Waals surface area contributed by atoms with Gasteiger partial charge in [-0.2, -0.15) is 20.5 Å². The van der Waals surface area contributed by atoms with E-state index in [1.165, 1.54) is 64.3 Å². The van der Waals surface area contributed by atoms with Gasteiger partial charge in [0.2, 0.25) is 12.1 Å². The molecule has 48 heavy (non-hydrogen) atoms. The van der Waals surface area contributed by atoms with Crippen LogP contribution in [-0.2, 0) is 19.2 Å². The van der Waals surface area contributed by atoms with E-state index in [4.69, 9.17) is 23.2 Å².